The zero-order chi connectivity index (χ0) is 13.7. The largest absolute Gasteiger partial charge is 0.496 e. The molecule has 1 atom stereocenters. The van der Waals surface area contributed by atoms with E-state index in [4.69, 9.17) is 14.2 Å². The van der Waals surface area contributed by atoms with Gasteiger partial charge in [0, 0.05) is 24.7 Å². The van der Waals surface area contributed by atoms with Gasteiger partial charge in [-0.15, -0.1) is 0 Å². The van der Waals surface area contributed by atoms with Crippen LogP contribution in [0.2, 0.25) is 0 Å². The van der Waals surface area contributed by atoms with E-state index in [1.807, 2.05) is 12.1 Å². The van der Waals surface area contributed by atoms with Crippen molar-refractivity contribution in [2.24, 2.45) is 0 Å². The SMILES string of the molecule is COc1cc(OC)c(NCC2CCCN2)c(OC)c1. The maximum atomic E-state index is 5.40. The lowest BCUT2D eigenvalue weighted by atomic mass is 10.2. The van der Waals surface area contributed by atoms with Gasteiger partial charge in [-0.2, -0.15) is 0 Å². The molecule has 0 saturated carbocycles. The van der Waals surface area contributed by atoms with Crippen LogP contribution in [0.4, 0.5) is 5.69 Å². The number of hydrogen-bond donors (Lipinski definition) is 2. The van der Waals surface area contributed by atoms with Crippen molar-refractivity contribution in [1.29, 1.82) is 0 Å². The summed E-state index contributed by atoms with van der Waals surface area (Å²) in [7, 11) is 4.92. The molecule has 2 N–H and O–H groups in total. The Hall–Kier alpha value is -1.62. The molecule has 2 rings (SSSR count). The number of hydrogen-bond acceptors (Lipinski definition) is 5. The number of methoxy groups -OCH3 is 3. The first kappa shape index (κ1) is 13.8. The molecule has 0 aliphatic carbocycles. The molecule has 1 unspecified atom stereocenters. The van der Waals surface area contributed by atoms with Crippen LogP contribution in [-0.2, 0) is 0 Å². The fourth-order valence-electron chi connectivity index (χ4n) is 2.34. The molecule has 0 bridgehead atoms. The molecule has 1 fully saturated rings. The maximum Gasteiger partial charge on any atom is 0.149 e. The Labute approximate surface area is 114 Å². The van der Waals surface area contributed by atoms with Crippen molar-refractivity contribution >= 4 is 5.69 Å². The quantitative estimate of drug-likeness (QED) is 0.823. The van der Waals surface area contributed by atoms with Crippen LogP contribution in [0.5, 0.6) is 17.2 Å². The summed E-state index contributed by atoms with van der Waals surface area (Å²) < 4.78 is 16.0. The van der Waals surface area contributed by atoms with Crippen LogP contribution in [0.1, 0.15) is 12.8 Å². The summed E-state index contributed by atoms with van der Waals surface area (Å²) in [4.78, 5) is 0. The first-order chi connectivity index (χ1) is 9.28. The van der Waals surface area contributed by atoms with E-state index < -0.39 is 0 Å². The van der Waals surface area contributed by atoms with Gasteiger partial charge in [0.1, 0.15) is 22.9 Å². The first-order valence-electron chi connectivity index (χ1n) is 6.55. The number of ether oxygens (including phenoxy) is 3. The highest BCUT2D eigenvalue weighted by molar-refractivity contribution is 5.68. The highest BCUT2D eigenvalue weighted by Gasteiger charge is 2.17. The van der Waals surface area contributed by atoms with Gasteiger partial charge in [-0.3, -0.25) is 0 Å². The third-order valence-electron chi connectivity index (χ3n) is 3.40. The predicted molar refractivity (Wildman–Crippen MR) is 75.6 cm³/mol. The summed E-state index contributed by atoms with van der Waals surface area (Å²) in [6.07, 6.45) is 2.44. The Morgan fingerprint density at radius 3 is 2.32 bits per heavy atom. The Morgan fingerprint density at radius 2 is 1.84 bits per heavy atom. The maximum absolute atomic E-state index is 5.40. The monoisotopic (exact) mass is 266 g/mol. The molecule has 1 aliphatic rings. The summed E-state index contributed by atoms with van der Waals surface area (Å²) in [5.74, 6) is 2.18. The Bertz CT molecular complexity index is 392. The average Bonchev–Trinajstić information content (AvgIpc) is 2.97. The highest BCUT2D eigenvalue weighted by atomic mass is 16.5. The lowest BCUT2D eigenvalue weighted by molar-refractivity contribution is 0.377. The Morgan fingerprint density at radius 1 is 1.16 bits per heavy atom. The molecule has 0 spiro atoms. The second-order valence-corrected chi connectivity index (χ2v) is 4.58. The Kier molecular flexibility index (Phi) is 4.74. The van der Waals surface area contributed by atoms with Gasteiger partial charge in [0.25, 0.3) is 0 Å². The van der Waals surface area contributed by atoms with Gasteiger partial charge in [0.05, 0.1) is 21.3 Å². The number of anilines is 1. The van der Waals surface area contributed by atoms with Gasteiger partial charge in [-0.1, -0.05) is 0 Å². The van der Waals surface area contributed by atoms with Crippen molar-refractivity contribution in [3.05, 3.63) is 12.1 Å². The van der Waals surface area contributed by atoms with Crippen molar-refractivity contribution in [1.82, 2.24) is 5.32 Å². The smallest absolute Gasteiger partial charge is 0.149 e. The predicted octanol–water partition coefficient (Wildman–Crippen LogP) is 1.88. The Balaban J connectivity index is 2.16. The van der Waals surface area contributed by atoms with Gasteiger partial charge in [0.2, 0.25) is 0 Å². The molecule has 1 aliphatic heterocycles. The summed E-state index contributed by atoms with van der Waals surface area (Å²) >= 11 is 0. The minimum Gasteiger partial charge on any atom is -0.496 e. The lowest BCUT2D eigenvalue weighted by Gasteiger charge is -2.18. The standard InChI is InChI=1S/C14H22N2O3/c1-17-11-7-12(18-2)14(13(8-11)19-3)16-9-10-5-4-6-15-10/h7-8,10,15-16H,4-6,9H2,1-3H3. The van der Waals surface area contributed by atoms with E-state index in [1.165, 1.54) is 12.8 Å². The van der Waals surface area contributed by atoms with Crippen molar-refractivity contribution in [2.45, 2.75) is 18.9 Å². The average molecular weight is 266 g/mol. The zero-order valence-corrected chi connectivity index (χ0v) is 11.8. The molecule has 0 amide bonds. The van der Waals surface area contributed by atoms with E-state index in [9.17, 15) is 0 Å². The van der Waals surface area contributed by atoms with Gasteiger partial charge in [0.15, 0.2) is 0 Å². The van der Waals surface area contributed by atoms with Crippen LogP contribution >= 0.6 is 0 Å². The molecule has 1 aromatic rings. The van der Waals surface area contributed by atoms with Crippen molar-refractivity contribution < 1.29 is 14.2 Å². The molecular formula is C14H22N2O3. The van der Waals surface area contributed by atoms with Crippen LogP contribution in [0.15, 0.2) is 12.1 Å². The van der Waals surface area contributed by atoms with Gasteiger partial charge < -0.3 is 24.8 Å². The lowest BCUT2D eigenvalue weighted by Crippen LogP contribution is -2.29. The van der Waals surface area contributed by atoms with Crippen molar-refractivity contribution in [2.75, 3.05) is 39.7 Å². The second-order valence-electron chi connectivity index (χ2n) is 4.58. The van der Waals surface area contributed by atoms with Crippen molar-refractivity contribution in [3.8, 4) is 17.2 Å². The fourth-order valence-corrected chi connectivity index (χ4v) is 2.34. The van der Waals surface area contributed by atoms with Crippen LogP contribution in [0.25, 0.3) is 0 Å². The van der Waals surface area contributed by atoms with Crippen LogP contribution in [0, 0.1) is 0 Å². The molecule has 5 nitrogen and oxygen atoms in total. The van der Waals surface area contributed by atoms with Crippen molar-refractivity contribution in [3.63, 3.8) is 0 Å². The number of rotatable bonds is 6. The fraction of sp³-hybridized carbons (Fsp3) is 0.571. The summed E-state index contributed by atoms with van der Waals surface area (Å²) in [5.41, 5.74) is 0.875. The second kappa shape index (κ2) is 6.52. The molecule has 1 heterocycles. The third-order valence-corrected chi connectivity index (χ3v) is 3.40. The molecule has 0 aromatic heterocycles. The van der Waals surface area contributed by atoms with Crippen LogP contribution < -0.4 is 24.8 Å². The van der Waals surface area contributed by atoms with E-state index >= 15 is 0 Å². The first-order valence-corrected chi connectivity index (χ1v) is 6.55. The zero-order valence-electron chi connectivity index (χ0n) is 11.8. The molecule has 1 saturated heterocycles. The topological polar surface area (TPSA) is 51.8 Å². The molecule has 19 heavy (non-hydrogen) atoms. The normalized spacial score (nSPS) is 18.2. The number of nitrogens with one attached hydrogen (secondary N) is 2. The van der Waals surface area contributed by atoms with Crippen LogP contribution in [-0.4, -0.2) is 40.5 Å². The minimum absolute atomic E-state index is 0.511. The molecular weight excluding hydrogens is 244 g/mol. The molecule has 106 valence electrons. The van der Waals surface area contributed by atoms with E-state index in [0.29, 0.717) is 6.04 Å². The van der Waals surface area contributed by atoms with Gasteiger partial charge >= 0.3 is 0 Å². The number of benzene rings is 1. The van der Waals surface area contributed by atoms with E-state index in [-0.39, 0.29) is 0 Å². The third kappa shape index (κ3) is 3.23. The molecule has 0 radical (unpaired) electrons. The van der Waals surface area contributed by atoms with Crippen LogP contribution in [0.3, 0.4) is 0 Å². The highest BCUT2D eigenvalue weighted by Crippen LogP contribution is 2.38. The minimum atomic E-state index is 0.511. The summed E-state index contributed by atoms with van der Waals surface area (Å²) in [6.45, 7) is 1.96. The van der Waals surface area contributed by atoms with E-state index in [1.54, 1.807) is 21.3 Å². The van der Waals surface area contributed by atoms with E-state index in [2.05, 4.69) is 10.6 Å². The summed E-state index contributed by atoms with van der Waals surface area (Å²) in [6, 6.07) is 4.22. The van der Waals surface area contributed by atoms with E-state index in [0.717, 1.165) is 36.0 Å². The molecule has 5 heteroatoms. The molecule has 1 aromatic carbocycles. The van der Waals surface area contributed by atoms with Gasteiger partial charge in [-0.05, 0) is 19.4 Å². The summed E-state index contributed by atoms with van der Waals surface area (Å²) in [5, 5.41) is 6.86. The van der Waals surface area contributed by atoms with Gasteiger partial charge in [-0.25, -0.2) is 0 Å².